The first-order valence-corrected chi connectivity index (χ1v) is 6.45. The van der Waals surface area contributed by atoms with Crippen LogP contribution in [0.1, 0.15) is 10.4 Å². The van der Waals surface area contributed by atoms with Crippen LogP contribution in [0.25, 0.3) is 0 Å². The van der Waals surface area contributed by atoms with Crippen molar-refractivity contribution in [2.45, 2.75) is 0 Å². The third-order valence-electron chi connectivity index (χ3n) is 2.25. The van der Waals surface area contributed by atoms with Gasteiger partial charge in [0.15, 0.2) is 0 Å². The van der Waals surface area contributed by atoms with Crippen LogP contribution in [0.4, 0.5) is 0 Å². The highest BCUT2D eigenvalue weighted by Gasteiger charge is 2.15. The largest absolute Gasteiger partial charge is 0.478 e. The average Bonchev–Trinajstić information content (AvgIpc) is 2.41. The molecule has 0 atom stereocenters. The van der Waals surface area contributed by atoms with E-state index in [-0.39, 0.29) is 28.2 Å². The molecule has 104 valence electrons. The summed E-state index contributed by atoms with van der Waals surface area (Å²) in [5.41, 5.74) is -0.0122. The van der Waals surface area contributed by atoms with E-state index in [4.69, 9.17) is 26.2 Å². The molecule has 0 amide bonds. The summed E-state index contributed by atoms with van der Waals surface area (Å²) in [7, 11) is 1.40. The van der Waals surface area contributed by atoms with Gasteiger partial charge in [-0.3, -0.25) is 0 Å². The minimum Gasteiger partial charge on any atom is -0.478 e. The zero-order valence-corrected chi connectivity index (χ0v) is 12.5. The molecule has 2 rings (SSSR count). The second-order valence-corrected chi connectivity index (χ2v) is 4.88. The van der Waals surface area contributed by atoms with Crippen molar-refractivity contribution in [2.24, 2.45) is 0 Å². The highest BCUT2D eigenvalue weighted by atomic mass is 79.9. The van der Waals surface area contributed by atoms with Gasteiger partial charge in [0.25, 0.3) is 0 Å². The Morgan fingerprint density at radius 1 is 1.45 bits per heavy atom. The monoisotopic (exact) mass is 358 g/mol. The number of halogens is 2. The summed E-state index contributed by atoms with van der Waals surface area (Å²) in [6.45, 7) is 0. The lowest BCUT2D eigenvalue weighted by atomic mass is 10.2. The van der Waals surface area contributed by atoms with Crippen LogP contribution < -0.4 is 9.47 Å². The molecule has 1 heterocycles. The normalized spacial score (nSPS) is 10.2. The Bertz CT molecular complexity index is 666. The first-order valence-electron chi connectivity index (χ1n) is 5.28. The Labute approximate surface area is 127 Å². The fourth-order valence-corrected chi connectivity index (χ4v) is 1.84. The Kier molecular flexibility index (Phi) is 4.41. The van der Waals surface area contributed by atoms with Crippen LogP contribution >= 0.6 is 27.5 Å². The fourth-order valence-electron chi connectivity index (χ4n) is 1.37. The van der Waals surface area contributed by atoms with E-state index in [1.165, 1.54) is 25.4 Å². The summed E-state index contributed by atoms with van der Waals surface area (Å²) in [6, 6.07) is 4.58. The maximum Gasteiger partial charge on any atom is 0.339 e. The van der Waals surface area contributed by atoms with Crippen molar-refractivity contribution in [3.05, 3.63) is 39.5 Å². The van der Waals surface area contributed by atoms with Crippen molar-refractivity contribution in [3.8, 4) is 17.6 Å². The molecule has 0 saturated carbocycles. The molecule has 1 aromatic carbocycles. The number of aromatic carboxylic acids is 1. The van der Waals surface area contributed by atoms with Gasteiger partial charge in [0, 0.05) is 4.47 Å². The molecule has 0 aliphatic heterocycles. The maximum atomic E-state index is 11.1. The molecule has 0 spiro atoms. The molecule has 1 aromatic heterocycles. The number of aromatic nitrogens is 2. The number of hydrogen-bond acceptors (Lipinski definition) is 5. The van der Waals surface area contributed by atoms with Gasteiger partial charge in [-0.25, -0.2) is 9.78 Å². The summed E-state index contributed by atoms with van der Waals surface area (Å²) in [4.78, 5) is 18.9. The van der Waals surface area contributed by atoms with E-state index in [9.17, 15) is 4.79 Å². The molecular weight excluding hydrogens is 351 g/mol. The molecule has 0 aliphatic carbocycles. The lowest BCUT2D eigenvalue weighted by Gasteiger charge is -2.10. The fraction of sp³-hybridized carbons (Fsp3) is 0.0833. The predicted molar refractivity (Wildman–Crippen MR) is 74.8 cm³/mol. The van der Waals surface area contributed by atoms with E-state index >= 15 is 0 Å². The van der Waals surface area contributed by atoms with Gasteiger partial charge >= 0.3 is 12.0 Å². The van der Waals surface area contributed by atoms with Crippen LogP contribution in [0.2, 0.25) is 5.02 Å². The number of methoxy groups -OCH3 is 1. The highest BCUT2D eigenvalue weighted by molar-refractivity contribution is 9.10. The Hall–Kier alpha value is -1.86. The van der Waals surface area contributed by atoms with Gasteiger partial charge < -0.3 is 14.6 Å². The topological polar surface area (TPSA) is 81.5 Å². The Morgan fingerprint density at radius 2 is 2.20 bits per heavy atom. The van der Waals surface area contributed by atoms with Crippen LogP contribution in [0.5, 0.6) is 17.6 Å². The molecule has 6 nitrogen and oxygen atoms in total. The van der Waals surface area contributed by atoms with Crippen LogP contribution in [-0.4, -0.2) is 28.2 Å². The Morgan fingerprint density at radius 3 is 2.85 bits per heavy atom. The van der Waals surface area contributed by atoms with Crippen molar-refractivity contribution >= 4 is 33.5 Å². The van der Waals surface area contributed by atoms with E-state index in [1.807, 2.05) is 0 Å². The van der Waals surface area contributed by atoms with E-state index in [1.54, 1.807) is 6.07 Å². The molecular formula is C12H8BrClN2O4. The van der Waals surface area contributed by atoms with Gasteiger partial charge in [-0.1, -0.05) is 27.5 Å². The minimum atomic E-state index is -1.12. The van der Waals surface area contributed by atoms with Crippen LogP contribution in [0.15, 0.2) is 28.9 Å². The van der Waals surface area contributed by atoms with E-state index in [0.29, 0.717) is 4.47 Å². The summed E-state index contributed by atoms with van der Waals surface area (Å²) >= 11 is 9.15. The van der Waals surface area contributed by atoms with Gasteiger partial charge in [-0.15, -0.1) is 0 Å². The quantitative estimate of drug-likeness (QED) is 0.901. The summed E-state index contributed by atoms with van der Waals surface area (Å²) in [6.07, 6.45) is 1.31. The third kappa shape index (κ3) is 3.17. The van der Waals surface area contributed by atoms with Gasteiger partial charge in [-0.2, -0.15) is 4.98 Å². The highest BCUT2D eigenvalue weighted by Crippen LogP contribution is 2.32. The van der Waals surface area contributed by atoms with Crippen LogP contribution in [-0.2, 0) is 0 Å². The number of carboxylic acids is 1. The summed E-state index contributed by atoms with van der Waals surface area (Å²) in [5, 5.41) is 9.26. The van der Waals surface area contributed by atoms with Crippen molar-refractivity contribution in [1.82, 2.24) is 9.97 Å². The smallest absolute Gasteiger partial charge is 0.339 e. The van der Waals surface area contributed by atoms with Crippen molar-refractivity contribution < 1.29 is 19.4 Å². The van der Waals surface area contributed by atoms with Gasteiger partial charge in [0.05, 0.1) is 13.3 Å². The minimum absolute atomic E-state index is 0.0122. The lowest BCUT2D eigenvalue weighted by molar-refractivity contribution is 0.0694. The standard InChI is InChI=1S/C12H8BrClN2O4/c1-19-12-15-5-8(14)10(16-12)20-9-4-6(13)2-3-7(9)11(17)18/h2-5H,1H3,(H,17,18). The molecule has 0 radical (unpaired) electrons. The first-order chi connectivity index (χ1) is 9.51. The van der Waals surface area contributed by atoms with Crippen molar-refractivity contribution in [3.63, 3.8) is 0 Å². The van der Waals surface area contributed by atoms with Crippen molar-refractivity contribution in [1.29, 1.82) is 0 Å². The molecule has 2 aromatic rings. The molecule has 0 aliphatic rings. The maximum absolute atomic E-state index is 11.1. The van der Waals surface area contributed by atoms with Crippen LogP contribution in [0.3, 0.4) is 0 Å². The zero-order valence-electron chi connectivity index (χ0n) is 10.1. The predicted octanol–water partition coefficient (Wildman–Crippen LogP) is 3.39. The first kappa shape index (κ1) is 14.5. The number of benzene rings is 1. The molecule has 8 heteroatoms. The zero-order chi connectivity index (χ0) is 14.7. The number of ether oxygens (including phenoxy) is 2. The van der Waals surface area contributed by atoms with Crippen LogP contribution in [0, 0.1) is 0 Å². The summed E-state index contributed by atoms with van der Waals surface area (Å²) in [5.74, 6) is -1.00. The average molecular weight is 360 g/mol. The third-order valence-corrected chi connectivity index (χ3v) is 3.01. The molecule has 0 saturated heterocycles. The van der Waals surface area contributed by atoms with E-state index in [2.05, 4.69) is 25.9 Å². The second-order valence-electron chi connectivity index (χ2n) is 3.56. The number of carboxylic acid groups (broad SMARTS) is 1. The number of hydrogen-bond donors (Lipinski definition) is 1. The van der Waals surface area contributed by atoms with E-state index < -0.39 is 5.97 Å². The molecule has 20 heavy (non-hydrogen) atoms. The SMILES string of the molecule is COc1ncc(Cl)c(Oc2cc(Br)ccc2C(=O)O)n1. The lowest BCUT2D eigenvalue weighted by Crippen LogP contribution is -2.02. The molecule has 0 bridgehead atoms. The van der Waals surface area contributed by atoms with Gasteiger partial charge in [-0.05, 0) is 18.2 Å². The summed E-state index contributed by atoms with van der Waals surface area (Å²) < 4.78 is 11.0. The second kappa shape index (κ2) is 6.06. The number of carbonyl (C=O) groups is 1. The molecule has 1 N–H and O–H groups in total. The molecule has 0 unspecified atom stereocenters. The van der Waals surface area contributed by atoms with Gasteiger partial charge in [0.1, 0.15) is 16.3 Å². The number of nitrogens with zero attached hydrogens (tertiary/aromatic N) is 2. The van der Waals surface area contributed by atoms with E-state index in [0.717, 1.165) is 0 Å². The number of rotatable bonds is 4. The van der Waals surface area contributed by atoms with Crippen molar-refractivity contribution in [2.75, 3.05) is 7.11 Å². The van der Waals surface area contributed by atoms with Gasteiger partial charge in [0.2, 0.25) is 5.88 Å². The Balaban J connectivity index is 2.43. The molecule has 0 fully saturated rings.